The predicted octanol–water partition coefficient (Wildman–Crippen LogP) is 17.5. The Morgan fingerprint density at radius 3 is 1.02 bits per heavy atom. The first-order valence-corrected chi connectivity index (χ1v) is 22.0. The first-order chi connectivity index (χ1) is 29.6. The third-order valence-electron chi connectivity index (χ3n) is 11.9. The molecule has 8 aromatic rings. The van der Waals surface area contributed by atoms with Crippen molar-refractivity contribution in [3.05, 3.63) is 217 Å². The minimum Gasteiger partial charge on any atom is -0.310 e. The molecule has 0 atom stereocenters. The van der Waals surface area contributed by atoms with Crippen molar-refractivity contribution < 1.29 is 0 Å². The third-order valence-corrected chi connectivity index (χ3v) is 11.9. The van der Waals surface area contributed by atoms with Gasteiger partial charge in [-0.05, 0) is 121 Å². The molecule has 8 aromatic carbocycles. The van der Waals surface area contributed by atoms with Gasteiger partial charge in [0.05, 0.1) is 11.4 Å². The van der Waals surface area contributed by atoms with E-state index >= 15 is 0 Å². The van der Waals surface area contributed by atoms with Crippen LogP contribution in [0, 0.1) is 0 Å². The molecule has 0 aliphatic rings. The van der Waals surface area contributed by atoms with Crippen molar-refractivity contribution in [1.82, 2.24) is 0 Å². The van der Waals surface area contributed by atoms with E-state index in [4.69, 9.17) is 0 Å². The molecule has 310 valence electrons. The molecule has 0 radical (unpaired) electrons. The van der Waals surface area contributed by atoms with Crippen LogP contribution in [-0.2, 0) is 16.2 Å². The summed E-state index contributed by atoms with van der Waals surface area (Å²) in [5, 5.41) is 0. The summed E-state index contributed by atoms with van der Waals surface area (Å²) in [6.07, 6.45) is 0. The van der Waals surface area contributed by atoms with Crippen molar-refractivity contribution in [3.63, 3.8) is 0 Å². The van der Waals surface area contributed by atoms with Gasteiger partial charge in [0, 0.05) is 28.3 Å². The number of nitrogens with zero attached hydrogens (tertiary/aromatic N) is 2. The lowest BCUT2D eigenvalue weighted by molar-refractivity contribution is 0.589. The van der Waals surface area contributed by atoms with Gasteiger partial charge in [-0.15, -0.1) is 0 Å². The zero-order valence-electron chi connectivity index (χ0n) is 37.9. The van der Waals surface area contributed by atoms with E-state index in [0.717, 1.165) is 45.3 Å². The van der Waals surface area contributed by atoms with Crippen LogP contribution in [0.3, 0.4) is 0 Å². The molecular weight excluding hydrogens is 749 g/mol. The molecule has 0 aliphatic heterocycles. The summed E-state index contributed by atoms with van der Waals surface area (Å²) in [4.78, 5) is 4.96. The smallest absolute Gasteiger partial charge is 0.0564 e. The van der Waals surface area contributed by atoms with Gasteiger partial charge in [0.1, 0.15) is 0 Å². The number of anilines is 6. The Morgan fingerprint density at radius 2 is 0.597 bits per heavy atom. The molecule has 0 aromatic heterocycles. The predicted molar refractivity (Wildman–Crippen MR) is 268 cm³/mol. The van der Waals surface area contributed by atoms with Crippen LogP contribution in [0.15, 0.2) is 200 Å². The van der Waals surface area contributed by atoms with Gasteiger partial charge in [-0.25, -0.2) is 0 Å². The van der Waals surface area contributed by atoms with Crippen molar-refractivity contribution in [1.29, 1.82) is 0 Å². The number of hydrogen-bond donors (Lipinski definition) is 0. The molecule has 0 spiro atoms. The molecule has 0 amide bonds. The average molecular weight is 809 g/mol. The van der Waals surface area contributed by atoms with E-state index in [9.17, 15) is 0 Å². The molecule has 62 heavy (non-hydrogen) atoms. The van der Waals surface area contributed by atoms with Gasteiger partial charge < -0.3 is 9.80 Å². The second kappa shape index (κ2) is 17.0. The van der Waals surface area contributed by atoms with E-state index in [1.54, 1.807) is 0 Å². The van der Waals surface area contributed by atoms with Crippen LogP contribution in [0.5, 0.6) is 0 Å². The van der Waals surface area contributed by atoms with Crippen LogP contribution in [0.25, 0.3) is 33.4 Å². The molecule has 0 N–H and O–H groups in total. The standard InChI is InChI=1S/C60H60N2/c1-58(2,3)48-30-36-52(37-31-48)61(51-34-28-45(29-35-51)43-20-13-10-14-21-43)55-41-50(60(7,8)9)42-56(57(55)46-24-17-12-18-25-46)62(53-38-32-49(33-39-53)59(4,5)6)54-27-19-26-47(40-54)44-22-15-11-16-23-44/h10-42H,1-9H3. The molecule has 0 saturated carbocycles. The van der Waals surface area contributed by atoms with Crippen molar-refractivity contribution in [2.45, 2.75) is 78.6 Å². The fourth-order valence-electron chi connectivity index (χ4n) is 8.26. The summed E-state index contributed by atoms with van der Waals surface area (Å²) < 4.78 is 0. The lowest BCUT2D eigenvalue weighted by atomic mass is 9.83. The van der Waals surface area contributed by atoms with E-state index in [1.807, 2.05) is 0 Å². The minimum absolute atomic E-state index is 0.0181. The van der Waals surface area contributed by atoms with Crippen LogP contribution in [0.1, 0.15) is 79.0 Å². The highest BCUT2D eigenvalue weighted by molar-refractivity contribution is 5.99. The number of rotatable bonds is 9. The second-order valence-corrected chi connectivity index (χ2v) is 19.6. The Morgan fingerprint density at radius 1 is 0.258 bits per heavy atom. The highest BCUT2D eigenvalue weighted by Crippen LogP contribution is 2.51. The van der Waals surface area contributed by atoms with Crippen LogP contribution < -0.4 is 9.80 Å². The summed E-state index contributed by atoms with van der Waals surface area (Å²) in [6, 6.07) is 73.7. The summed E-state index contributed by atoms with van der Waals surface area (Å²) in [6.45, 7) is 20.7. The Balaban J connectivity index is 1.46. The Kier molecular flexibility index (Phi) is 11.5. The van der Waals surface area contributed by atoms with Crippen LogP contribution in [-0.4, -0.2) is 0 Å². The maximum Gasteiger partial charge on any atom is 0.0564 e. The lowest BCUT2D eigenvalue weighted by Gasteiger charge is -2.36. The molecule has 2 heteroatoms. The first kappa shape index (κ1) is 42.1. The lowest BCUT2D eigenvalue weighted by Crippen LogP contribution is -2.20. The van der Waals surface area contributed by atoms with Crippen LogP contribution in [0.4, 0.5) is 34.1 Å². The summed E-state index contributed by atoms with van der Waals surface area (Å²) in [5.41, 5.74) is 17.4. The number of hydrogen-bond acceptors (Lipinski definition) is 2. The van der Waals surface area contributed by atoms with E-state index < -0.39 is 0 Å². The third kappa shape index (κ3) is 9.02. The summed E-state index contributed by atoms with van der Waals surface area (Å²) >= 11 is 0. The quantitative estimate of drug-likeness (QED) is 0.143. The average Bonchev–Trinajstić information content (AvgIpc) is 3.27. The van der Waals surface area contributed by atoms with Crippen molar-refractivity contribution in [2.24, 2.45) is 0 Å². The normalized spacial score (nSPS) is 12.0. The molecule has 0 heterocycles. The van der Waals surface area contributed by atoms with E-state index in [-0.39, 0.29) is 16.2 Å². The molecule has 0 fully saturated rings. The monoisotopic (exact) mass is 808 g/mol. The molecule has 2 nitrogen and oxygen atoms in total. The molecular formula is C60H60N2. The fraction of sp³-hybridized carbons (Fsp3) is 0.200. The van der Waals surface area contributed by atoms with Gasteiger partial charge in [-0.1, -0.05) is 202 Å². The topological polar surface area (TPSA) is 6.48 Å². The van der Waals surface area contributed by atoms with Crippen LogP contribution >= 0.6 is 0 Å². The van der Waals surface area contributed by atoms with E-state index in [2.05, 4.69) is 272 Å². The van der Waals surface area contributed by atoms with E-state index in [1.165, 1.54) is 38.9 Å². The largest absolute Gasteiger partial charge is 0.310 e. The summed E-state index contributed by atoms with van der Waals surface area (Å²) in [5.74, 6) is 0. The van der Waals surface area contributed by atoms with Crippen molar-refractivity contribution in [3.8, 4) is 33.4 Å². The highest BCUT2D eigenvalue weighted by atomic mass is 15.2. The minimum atomic E-state index is -0.175. The molecule has 0 aliphatic carbocycles. The molecule has 0 unspecified atom stereocenters. The van der Waals surface area contributed by atoms with E-state index in [0.29, 0.717) is 0 Å². The van der Waals surface area contributed by atoms with Gasteiger partial charge in [0.2, 0.25) is 0 Å². The molecule has 0 bridgehead atoms. The Hall–Kier alpha value is -6.64. The van der Waals surface area contributed by atoms with Gasteiger partial charge in [-0.2, -0.15) is 0 Å². The molecule has 8 rings (SSSR count). The second-order valence-electron chi connectivity index (χ2n) is 19.6. The fourth-order valence-corrected chi connectivity index (χ4v) is 8.26. The maximum atomic E-state index is 2.49. The highest BCUT2D eigenvalue weighted by Gasteiger charge is 2.29. The first-order valence-electron chi connectivity index (χ1n) is 22.0. The van der Waals surface area contributed by atoms with Gasteiger partial charge in [-0.3, -0.25) is 0 Å². The maximum absolute atomic E-state index is 2.49. The van der Waals surface area contributed by atoms with Crippen molar-refractivity contribution in [2.75, 3.05) is 9.80 Å². The zero-order valence-corrected chi connectivity index (χ0v) is 37.9. The Labute approximate surface area is 371 Å². The Bertz CT molecular complexity index is 2730. The SMILES string of the molecule is CC(C)(C)c1ccc(N(c2ccc(-c3ccccc3)cc2)c2cc(C(C)(C)C)cc(N(c3ccc(C(C)(C)C)cc3)c3cccc(-c4ccccc4)c3)c2-c2ccccc2)cc1. The van der Waals surface area contributed by atoms with Crippen LogP contribution in [0.2, 0.25) is 0 Å². The van der Waals surface area contributed by atoms with Gasteiger partial charge >= 0.3 is 0 Å². The van der Waals surface area contributed by atoms with Gasteiger partial charge in [0.25, 0.3) is 0 Å². The number of benzene rings is 8. The molecule has 0 saturated heterocycles. The zero-order chi connectivity index (χ0) is 43.6. The van der Waals surface area contributed by atoms with Crippen molar-refractivity contribution >= 4 is 34.1 Å². The van der Waals surface area contributed by atoms with Gasteiger partial charge in [0.15, 0.2) is 0 Å². The summed E-state index contributed by atoms with van der Waals surface area (Å²) in [7, 11) is 0.